The Morgan fingerprint density at radius 2 is 2.31 bits per heavy atom. The van der Waals surface area contributed by atoms with Crippen molar-refractivity contribution in [3.05, 3.63) is 29.6 Å². The highest BCUT2D eigenvalue weighted by Gasteiger charge is 2.16. The molecule has 1 rings (SSSR count). The Kier molecular flexibility index (Phi) is 4.45. The van der Waals surface area contributed by atoms with Crippen LogP contribution in [0, 0.1) is 6.92 Å². The lowest BCUT2D eigenvalue weighted by Crippen LogP contribution is -2.32. The van der Waals surface area contributed by atoms with Gasteiger partial charge in [-0.25, -0.2) is 0 Å². The molecule has 1 unspecified atom stereocenters. The first-order chi connectivity index (χ1) is 7.52. The molecule has 0 amide bonds. The molecule has 0 saturated carbocycles. The van der Waals surface area contributed by atoms with E-state index in [1.54, 1.807) is 19.1 Å². The second kappa shape index (κ2) is 5.62. The van der Waals surface area contributed by atoms with Gasteiger partial charge in [-0.05, 0) is 18.6 Å². The minimum atomic E-state index is -1.11. The average molecular weight is 240 g/mol. The fourth-order valence-electron chi connectivity index (χ4n) is 1.00. The number of hydrogen-bond donors (Lipinski definition) is 2. The fourth-order valence-corrected chi connectivity index (χ4v) is 1.83. The molecule has 1 aromatic rings. The summed E-state index contributed by atoms with van der Waals surface area (Å²) in [6, 6.07) is 2.48. The first kappa shape index (κ1) is 12.7. The topological polar surface area (TPSA) is 93.3 Å². The van der Waals surface area contributed by atoms with Crippen LogP contribution >= 0.6 is 11.8 Å². The molecule has 86 valence electrons. The van der Waals surface area contributed by atoms with Crippen LogP contribution in [-0.2, 0) is 4.79 Å². The second-order valence-electron chi connectivity index (χ2n) is 3.21. The molecule has 3 N–H and O–H groups in total. The number of nitrogens with zero attached hydrogens (tertiary/aromatic N) is 1. The molecule has 0 fully saturated rings. The number of hydrogen-bond acceptors (Lipinski definition) is 5. The van der Waals surface area contributed by atoms with Gasteiger partial charge in [0.05, 0.1) is 0 Å². The van der Waals surface area contributed by atoms with Crippen LogP contribution in [0.1, 0.15) is 16.1 Å². The summed E-state index contributed by atoms with van der Waals surface area (Å²) >= 11 is 0.873. The van der Waals surface area contributed by atoms with Crippen LogP contribution in [0.25, 0.3) is 0 Å². The highest BCUT2D eigenvalue weighted by atomic mass is 32.2. The van der Waals surface area contributed by atoms with Gasteiger partial charge in [-0.15, -0.1) is 0 Å². The van der Waals surface area contributed by atoms with E-state index < -0.39 is 12.0 Å². The number of rotatable bonds is 4. The first-order valence-corrected chi connectivity index (χ1v) is 5.58. The van der Waals surface area contributed by atoms with Crippen LogP contribution < -0.4 is 5.73 Å². The number of nitrogens with two attached hydrogens (primary N) is 1. The van der Waals surface area contributed by atoms with E-state index in [0.717, 1.165) is 17.3 Å². The van der Waals surface area contributed by atoms with Crippen molar-refractivity contribution >= 4 is 22.8 Å². The van der Waals surface area contributed by atoms with Crippen molar-refractivity contribution in [2.24, 2.45) is 5.73 Å². The zero-order valence-electron chi connectivity index (χ0n) is 8.71. The molecule has 0 radical (unpaired) electrons. The first-order valence-electron chi connectivity index (χ1n) is 4.59. The molecule has 16 heavy (non-hydrogen) atoms. The normalized spacial score (nSPS) is 12.1. The van der Waals surface area contributed by atoms with Gasteiger partial charge in [0.25, 0.3) is 0 Å². The summed E-state index contributed by atoms with van der Waals surface area (Å²) in [5, 5.41) is 8.30. The van der Waals surface area contributed by atoms with Crippen LogP contribution in [-0.4, -0.2) is 33.0 Å². The summed E-state index contributed by atoms with van der Waals surface area (Å²) in [4.78, 5) is 26.0. The molecule has 0 aromatic carbocycles. The van der Waals surface area contributed by atoms with Crippen molar-refractivity contribution in [1.29, 1.82) is 0 Å². The number of pyridine rings is 1. The highest BCUT2D eigenvalue weighted by molar-refractivity contribution is 8.14. The number of aliphatic carboxylic acids is 1. The van der Waals surface area contributed by atoms with Crippen molar-refractivity contribution in [3.63, 3.8) is 0 Å². The highest BCUT2D eigenvalue weighted by Crippen LogP contribution is 2.14. The van der Waals surface area contributed by atoms with Gasteiger partial charge in [-0.3, -0.25) is 14.6 Å². The summed E-state index contributed by atoms with van der Waals surface area (Å²) in [5.41, 5.74) is 6.41. The SMILES string of the molecule is Cc1cccnc1C(=O)SCC(N)C(=O)O. The van der Waals surface area contributed by atoms with Crippen LogP contribution in [0.3, 0.4) is 0 Å². The van der Waals surface area contributed by atoms with Gasteiger partial charge in [-0.1, -0.05) is 17.8 Å². The average Bonchev–Trinajstić information content (AvgIpc) is 2.25. The van der Waals surface area contributed by atoms with E-state index in [1.165, 1.54) is 6.20 Å². The number of carboxylic acids is 1. The van der Waals surface area contributed by atoms with E-state index in [2.05, 4.69) is 4.98 Å². The van der Waals surface area contributed by atoms with E-state index in [9.17, 15) is 9.59 Å². The molecule has 0 bridgehead atoms. The van der Waals surface area contributed by atoms with E-state index in [4.69, 9.17) is 10.8 Å². The molecule has 6 heteroatoms. The van der Waals surface area contributed by atoms with Crippen molar-refractivity contribution < 1.29 is 14.7 Å². The van der Waals surface area contributed by atoms with Gasteiger partial charge in [-0.2, -0.15) is 0 Å². The van der Waals surface area contributed by atoms with Gasteiger partial charge < -0.3 is 10.8 Å². The third kappa shape index (κ3) is 3.32. The summed E-state index contributed by atoms with van der Waals surface area (Å²) in [5.74, 6) is -1.07. The second-order valence-corrected chi connectivity index (χ2v) is 4.20. The molecule has 0 aliphatic carbocycles. The molecular weight excluding hydrogens is 228 g/mol. The third-order valence-corrected chi connectivity index (χ3v) is 2.90. The maximum Gasteiger partial charge on any atom is 0.321 e. The van der Waals surface area contributed by atoms with E-state index in [0.29, 0.717) is 5.69 Å². The maximum absolute atomic E-state index is 11.6. The van der Waals surface area contributed by atoms with Gasteiger partial charge >= 0.3 is 5.97 Å². The predicted molar refractivity (Wildman–Crippen MR) is 61.4 cm³/mol. The minimum Gasteiger partial charge on any atom is -0.480 e. The van der Waals surface area contributed by atoms with Gasteiger partial charge in [0.1, 0.15) is 11.7 Å². The largest absolute Gasteiger partial charge is 0.480 e. The Labute approximate surface area is 97.1 Å². The number of carbonyl (C=O) groups excluding carboxylic acids is 1. The molecule has 0 saturated heterocycles. The Hall–Kier alpha value is -1.40. The Bertz CT molecular complexity index is 409. The predicted octanol–water partition coefficient (Wildman–Crippen LogP) is 0.675. The number of carbonyl (C=O) groups is 2. The van der Waals surface area contributed by atoms with E-state index in [1.807, 2.05) is 0 Å². The van der Waals surface area contributed by atoms with E-state index in [-0.39, 0.29) is 10.9 Å². The van der Waals surface area contributed by atoms with Crippen molar-refractivity contribution in [1.82, 2.24) is 4.98 Å². The van der Waals surface area contributed by atoms with Crippen molar-refractivity contribution in [2.45, 2.75) is 13.0 Å². The molecule has 1 atom stereocenters. The molecule has 1 heterocycles. The zero-order valence-corrected chi connectivity index (χ0v) is 9.53. The van der Waals surface area contributed by atoms with Gasteiger partial charge in [0.2, 0.25) is 5.12 Å². The Morgan fingerprint density at radius 1 is 1.62 bits per heavy atom. The smallest absolute Gasteiger partial charge is 0.321 e. The van der Waals surface area contributed by atoms with Crippen molar-refractivity contribution in [2.75, 3.05) is 5.75 Å². The van der Waals surface area contributed by atoms with Crippen LogP contribution in [0.2, 0.25) is 0 Å². The standard InChI is InChI=1S/C10H12N2O3S/c1-6-3-2-4-12-8(6)10(15)16-5-7(11)9(13)14/h2-4,7H,5,11H2,1H3,(H,13,14). The lowest BCUT2D eigenvalue weighted by atomic mass is 10.2. The Balaban J connectivity index is 2.60. The molecule has 0 aliphatic rings. The summed E-state index contributed by atoms with van der Waals surface area (Å²) in [6.45, 7) is 1.78. The summed E-state index contributed by atoms with van der Waals surface area (Å²) in [6.07, 6.45) is 1.53. The summed E-state index contributed by atoms with van der Waals surface area (Å²) in [7, 11) is 0. The molecule has 5 nitrogen and oxygen atoms in total. The molecule has 0 spiro atoms. The quantitative estimate of drug-likeness (QED) is 0.803. The lowest BCUT2D eigenvalue weighted by molar-refractivity contribution is -0.137. The molecule has 0 aliphatic heterocycles. The van der Waals surface area contributed by atoms with Crippen molar-refractivity contribution in [3.8, 4) is 0 Å². The van der Waals surface area contributed by atoms with Gasteiger partial charge in [0, 0.05) is 11.9 Å². The van der Waals surface area contributed by atoms with E-state index >= 15 is 0 Å². The van der Waals surface area contributed by atoms with Gasteiger partial charge in [0.15, 0.2) is 0 Å². The summed E-state index contributed by atoms with van der Waals surface area (Å²) < 4.78 is 0. The monoisotopic (exact) mass is 240 g/mol. The minimum absolute atomic E-state index is 0.0458. The molecular formula is C10H12N2O3S. The molecule has 1 aromatic heterocycles. The van der Waals surface area contributed by atoms with Crippen LogP contribution in [0.15, 0.2) is 18.3 Å². The number of carboxylic acid groups (broad SMARTS) is 1. The number of aryl methyl sites for hydroxylation is 1. The third-order valence-electron chi connectivity index (χ3n) is 1.91. The number of thioether (sulfide) groups is 1. The lowest BCUT2D eigenvalue weighted by Gasteiger charge is -2.05. The van der Waals surface area contributed by atoms with Crippen LogP contribution in [0.4, 0.5) is 0 Å². The fraction of sp³-hybridized carbons (Fsp3) is 0.300. The van der Waals surface area contributed by atoms with Crippen LogP contribution in [0.5, 0.6) is 0 Å². The zero-order chi connectivity index (χ0) is 12.1. The number of aromatic nitrogens is 1. The Morgan fingerprint density at radius 3 is 2.88 bits per heavy atom. The maximum atomic E-state index is 11.6.